The van der Waals surface area contributed by atoms with E-state index in [1.165, 1.54) is 34.2 Å². The number of nitrogens with zero attached hydrogens (tertiary/aromatic N) is 5. The molecule has 4 rings (SSSR count). The average Bonchev–Trinajstić information content (AvgIpc) is 3.18. The van der Waals surface area contributed by atoms with Crippen molar-refractivity contribution in [2.24, 2.45) is 0 Å². The van der Waals surface area contributed by atoms with Gasteiger partial charge in [-0.2, -0.15) is 9.78 Å². The van der Waals surface area contributed by atoms with E-state index in [-0.39, 0.29) is 10.5 Å². The lowest BCUT2D eigenvalue weighted by atomic mass is 10.2. The van der Waals surface area contributed by atoms with Crippen molar-refractivity contribution < 1.29 is 13.2 Å². The van der Waals surface area contributed by atoms with E-state index < -0.39 is 15.9 Å². The lowest BCUT2D eigenvalue weighted by molar-refractivity contribution is 0.102. The number of rotatable bonds is 6. The van der Waals surface area contributed by atoms with Crippen LogP contribution >= 0.6 is 0 Å². The smallest absolute Gasteiger partial charge is 0.264 e. The Labute approximate surface area is 198 Å². The van der Waals surface area contributed by atoms with Gasteiger partial charge in [0.05, 0.1) is 16.3 Å². The fourth-order valence-corrected chi connectivity index (χ4v) is 4.71. The Morgan fingerprint density at radius 3 is 2.24 bits per heavy atom. The maximum absolute atomic E-state index is 13.1. The first-order valence-corrected chi connectivity index (χ1v) is 11.9. The molecule has 0 bridgehead atoms. The normalized spacial score (nSPS) is 11.3. The molecule has 1 amide bonds. The van der Waals surface area contributed by atoms with Gasteiger partial charge in [-0.05, 0) is 57.2 Å². The van der Waals surface area contributed by atoms with E-state index in [9.17, 15) is 13.2 Å². The summed E-state index contributed by atoms with van der Waals surface area (Å²) in [5.41, 5.74) is 2.92. The highest BCUT2D eigenvalue weighted by atomic mass is 32.2. The minimum Gasteiger partial charge on any atom is -0.306 e. The molecular weight excluding hydrogens is 452 g/mol. The zero-order valence-corrected chi connectivity index (χ0v) is 20.0. The van der Waals surface area contributed by atoms with Crippen LogP contribution in [0.15, 0.2) is 71.6 Å². The van der Waals surface area contributed by atoms with E-state index in [1.807, 2.05) is 26.0 Å². The molecule has 0 aliphatic rings. The predicted molar refractivity (Wildman–Crippen MR) is 130 cm³/mol. The van der Waals surface area contributed by atoms with Crippen LogP contribution in [0.4, 0.5) is 11.5 Å². The summed E-state index contributed by atoms with van der Waals surface area (Å²) in [4.78, 5) is 21.9. The highest BCUT2D eigenvalue weighted by molar-refractivity contribution is 7.92. The van der Waals surface area contributed by atoms with Crippen molar-refractivity contribution >= 4 is 27.4 Å². The fourth-order valence-electron chi connectivity index (χ4n) is 3.46. The van der Waals surface area contributed by atoms with Crippen molar-refractivity contribution in [1.82, 2.24) is 19.7 Å². The molecular formula is C24H24N6O3S. The molecule has 0 atom stereocenters. The van der Waals surface area contributed by atoms with Crippen molar-refractivity contribution in [1.29, 1.82) is 0 Å². The third-order valence-corrected chi connectivity index (χ3v) is 6.89. The summed E-state index contributed by atoms with van der Waals surface area (Å²) >= 11 is 0. The van der Waals surface area contributed by atoms with Crippen LogP contribution in [0.1, 0.15) is 27.4 Å². The fraction of sp³-hybridized carbons (Fsp3) is 0.167. The first-order chi connectivity index (χ1) is 16.1. The number of nitrogens with one attached hydrogen (secondary N) is 1. The lowest BCUT2D eigenvalue weighted by Gasteiger charge is -2.19. The summed E-state index contributed by atoms with van der Waals surface area (Å²) in [5.74, 6) is 0.230. The Morgan fingerprint density at radius 2 is 1.56 bits per heavy atom. The number of aromatic nitrogens is 4. The number of amides is 1. The molecule has 0 unspecified atom stereocenters. The van der Waals surface area contributed by atoms with Crippen LogP contribution in [0.25, 0.3) is 5.95 Å². The molecule has 2 aromatic carbocycles. The lowest BCUT2D eigenvalue weighted by Crippen LogP contribution is -2.26. The van der Waals surface area contributed by atoms with Crippen molar-refractivity contribution in [3.63, 3.8) is 0 Å². The number of benzene rings is 2. The number of para-hydroxylation sites is 1. The maximum Gasteiger partial charge on any atom is 0.264 e. The van der Waals surface area contributed by atoms with Gasteiger partial charge in [-0.15, -0.1) is 0 Å². The molecule has 10 heteroatoms. The molecule has 34 heavy (non-hydrogen) atoms. The van der Waals surface area contributed by atoms with Gasteiger partial charge in [0.25, 0.3) is 21.9 Å². The standard InChI is InChI=1S/C24H24N6O3S/c1-16-13-17(2)26-24(25-16)30-22(14-18(3)28-30)27-23(31)19-9-8-12-21(15-19)34(32,33)29(4)20-10-6-5-7-11-20/h5-15H,1-4H3,(H,27,31). The molecule has 2 aromatic heterocycles. The van der Waals surface area contributed by atoms with Crippen molar-refractivity contribution in [3.05, 3.63) is 89.4 Å². The van der Waals surface area contributed by atoms with Crippen molar-refractivity contribution in [2.75, 3.05) is 16.7 Å². The van der Waals surface area contributed by atoms with Crippen LogP contribution in [0.5, 0.6) is 0 Å². The van der Waals surface area contributed by atoms with Crippen molar-refractivity contribution in [2.45, 2.75) is 25.7 Å². The number of carbonyl (C=O) groups excluding carboxylic acids is 1. The van der Waals surface area contributed by atoms with Gasteiger partial charge in [0, 0.05) is 30.1 Å². The summed E-state index contributed by atoms with van der Waals surface area (Å²) in [6.07, 6.45) is 0. The SMILES string of the molecule is Cc1cc(C)nc(-n2nc(C)cc2NC(=O)c2cccc(S(=O)(=O)N(C)c3ccccc3)c2)n1. The number of sulfonamides is 1. The highest BCUT2D eigenvalue weighted by Crippen LogP contribution is 2.23. The van der Waals surface area contributed by atoms with Crippen LogP contribution in [0.3, 0.4) is 0 Å². The second kappa shape index (κ2) is 9.06. The Kier molecular flexibility index (Phi) is 6.16. The van der Waals surface area contributed by atoms with E-state index in [2.05, 4.69) is 20.4 Å². The molecule has 0 spiro atoms. The molecule has 0 fully saturated rings. The summed E-state index contributed by atoms with van der Waals surface area (Å²) < 4.78 is 28.9. The Hall–Kier alpha value is -4.05. The zero-order valence-electron chi connectivity index (χ0n) is 19.2. The molecule has 0 aliphatic heterocycles. The Morgan fingerprint density at radius 1 is 0.882 bits per heavy atom. The second-order valence-corrected chi connectivity index (χ2v) is 9.79. The molecule has 0 saturated heterocycles. The first-order valence-electron chi connectivity index (χ1n) is 10.5. The van der Waals surface area contributed by atoms with Gasteiger partial charge in [-0.1, -0.05) is 24.3 Å². The zero-order chi connectivity index (χ0) is 24.5. The second-order valence-electron chi connectivity index (χ2n) is 7.82. The minimum atomic E-state index is -3.86. The summed E-state index contributed by atoms with van der Waals surface area (Å²) in [7, 11) is -2.39. The number of hydrogen-bond donors (Lipinski definition) is 1. The Balaban J connectivity index is 1.63. The van der Waals surface area contributed by atoms with Crippen LogP contribution in [-0.2, 0) is 10.0 Å². The number of carbonyl (C=O) groups is 1. The largest absolute Gasteiger partial charge is 0.306 e. The molecule has 0 saturated carbocycles. The van der Waals surface area contributed by atoms with E-state index in [1.54, 1.807) is 43.3 Å². The van der Waals surface area contributed by atoms with E-state index in [0.717, 1.165) is 11.4 Å². The van der Waals surface area contributed by atoms with Gasteiger partial charge >= 0.3 is 0 Å². The molecule has 9 nitrogen and oxygen atoms in total. The summed E-state index contributed by atoms with van der Waals surface area (Å²) in [6.45, 7) is 5.50. The highest BCUT2D eigenvalue weighted by Gasteiger charge is 2.23. The average molecular weight is 477 g/mol. The van der Waals surface area contributed by atoms with Crippen LogP contribution < -0.4 is 9.62 Å². The first kappa shape index (κ1) is 23.1. The van der Waals surface area contributed by atoms with Crippen LogP contribution in [0.2, 0.25) is 0 Å². The minimum absolute atomic E-state index is 0.00818. The van der Waals surface area contributed by atoms with Crippen LogP contribution in [-0.4, -0.2) is 41.1 Å². The summed E-state index contributed by atoms with van der Waals surface area (Å²) in [5, 5.41) is 7.20. The van der Waals surface area contributed by atoms with Gasteiger partial charge in [-0.25, -0.2) is 18.4 Å². The number of aryl methyl sites for hydroxylation is 3. The molecule has 4 aromatic rings. The predicted octanol–water partition coefficient (Wildman–Crippen LogP) is 3.66. The van der Waals surface area contributed by atoms with Gasteiger partial charge in [0.15, 0.2) is 0 Å². The van der Waals surface area contributed by atoms with Gasteiger partial charge in [0.1, 0.15) is 5.82 Å². The Bertz CT molecular complexity index is 1450. The number of hydrogen-bond acceptors (Lipinski definition) is 6. The quantitative estimate of drug-likeness (QED) is 0.455. The van der Waals surface area contributed by atoms with Crippen LogP contribution in [0, 0.1) is 20.8 Å². The van der Waals surface area contributed by atoms with Crippen molar-refractivity contribution in [3.8, 4) is 5.95 Å². The third kappa shape index (κ3) is 4.67. The van der Waals surface area contributed by atoms with E-state index >= 15 is 0 Å². The third-order valence-electron chi connectivity index (χ3n) is 5.11. The molecule has 174 valence electrons. The monoisotopic (exact) mass is 476 g/mol. The van der Waals surface area contributed by atoms with E-state index in [4.69, 9.17) is 0 Å². The topological polar surface area (TPSA) is 110 Å². The molecule has 0 aliphatic carbocycles. The van der Waals surface area contributed by atoms with Gasteiger partial charge in [0.2, 0.25) is 0 Å². The summed E-state index contributed by atoms with van der Waals surface area (Å²) in [6, 6.07) is 18.2. The van der Waals surface area contributed by atoms with E-state index in [0.29, 0.717) is 23.1 Å². The number of anilines is 2. The molecule has 1 N–H and O–H groups in total. The maximum atomic E-state index is 13.1. The molecule has 0 radical (unpaired) electrons. The van der Waals surface area contributed by atoms with Gasteiger partial charge in [-0.3, -0.25) is 9.10 Å². The molecule has 2 heterocycles. The van der Waals surface area contributed by atoms with Gasteiger partial charge < -0.3 is 5.32 Å².